The highest BCUT2D eigenvalue weighted by molar-refractivity contribution is 5.95. The first kappa shape index (κ1) is 7.21. The molecule has 0 atom stereocenters. The molecule has 1 aliphatic carbocycles. The number of nitrogens with two attached hydrogens (primary N) is 1. The minimum atomic E-state index is -0.935. The minimum absolute atomic E-state index is 0.262. The highest BCUT2D eigenvalue weighted by Crippen LogP contribution is 2.42. The number of aromatic amines is 1. The number of aromatic nitrogens is 1. The lowest BCUT2D eigenvalue weighted by Crippen LogP contribution is -2.02. The van der Waals surface area contributed by atoms with Crippen LogP contribution in [0.1, 0.15) is 34.7 Å². The van der Waals surface area contributed by atoms with Crippen LogP contribution in [0.2, 0.25) is 0 Å². The number of aromatic carboxylic acids is 1. The second-order valence-electron chi connectivity index (χ2n) is 3.11. The lowest BCUT2D eigenvalue weighted by Gasteiger charge is -1.96. The maximum Gasteiger partial charge on any atom is 0.339 e. The second-order valence-corrected chi connectivity index (χ2v) is 3.11. The van der Waals surface area contributed by atoms with Crippen molar-refractivity contribution in [3.63, 3.8) is 0 Å². The van der Waals surface area contributed by atoms with Gasteiger partial charge < -0.3 is 15.8 Å². The third kappa shape index (κ3) is 0.958. The van der Waals surface area contributed by atoms with Gasteiger partial charge in [0.15, 0.2) is 0 Å². The predicted octanol–water partition coefficient (Wildman–Crippen LogP) is 1.17. The van der Waals surface area contributed by atoms with Crippen LogP contribution in [0.25, 0.3) is 0 Å². The van der Waals surface area contributed by atoms with Gasteiger partial charge in [0.1, 0.15) is 11.4 Å². The monoisotopic (exact) mass is 166 g/mol. The Labute approximate surface area is 69.4 Å². The van der Waals surface area contributed by atoms with Crippen molar-refractivity contribution in [1.82, 2.24) is 4.98 Å². The van der Waals surface area contributed by atoms with Crippen molar-refractivity contribution in [2.24, 2.45) is 0 Å². The molecule has 0 amide bonds. The standard InChI is InChI=1S/C8H10N2O2/c9-7-6(8(11)12)5(3-10-7)4-1-2-4/h3-4,10H,1-2,9H2,(H,11,12). The number of carboxylic acids is 1. The summed E-state index contributed by atoms with van der Waals surface area (Å²) in [7, 11) is 0. The normalized spacial score (nSPS) is 16.3. The van der Waals surface area contributed by atoms with E-state index in [-0.39, 0.29) is 11.4 Å². The molecule has 4 nitrogen and oxygen atoms in total. The van der Waals surface area contributed by atoms with Crippen molar-refractivity contribution in [3.8, 4) is 0 Å². The molecule has 4 heteroatoms. The van der Waals surface area contributed by atoms with Gasteiger partial charge in [-0.15, -0.1) is 0 Å². The van der Waals surface area contributed by atoms with Crippen molar-refractivity contribution in [3.05, 3.63) is 17.3 Å². The smallest absolute Gasteiger partial charge is 0.339 e. The van der Waals surface area contributed by atoms with Crippen LogP contribution < -0.4 is 5.73 Å². The molecule has 0 spiro atoms. The number of rotatable bonds is 2. The number of hydrogen-bond donors (Lipinski definition) is 3. The van der Waals surface area contributed by atoms with Crippen LogP contribution >= 0.6 is 0 Å². The summed E-state index contributed by atoms with van der Waals surface area (Å²) in [6.45, 7) is 0. The van der Waals surface area contributed by atoms with E-state index in [1.165, 1.54) is 0 Å². The largest absolute Gasteiger partial charge is 0.478 e. The van der Waals surface area contributed by atoms with Crippen LogP contribution in [0.3, 0.4) is 0 Å². The van der Waals surface area contributed by atoms with E-state index in [2.05, 4.69) is 4.98 Å². The summed E-state index contributed by atoms with van der Waals surface area (Å²) in [6.07, 6.45) is 3.87. The van der Waals surface area contributed by atoms with E-state index in [0.717, 1.165) is 18.4 Å². The Bertz CT molecular complexity index is 326. The number of anilines is 1. The van der Waals surface area contributed by atoms with Crippen molar-refractivity contribution in [2.75, 3.05) is 5.73 Å². The summed E-state index contributed by atoms with van der Waals surface area (Å²) < 4.78 is 0. The van der Waals surface area contributed by atoms with Gasteiger partial charge in [-0.3, -0.25) is 0 Å². The minimum Gasteiger partial charge on any atom is -0.478 e. The third-order valence-electron chi connectivity index (χ3n) is 2.17. The van der Waals surface area contributed by atoms with E-state index in [0.29, 0.717) is 5.92 Å². The van der Waals surface area contributed by atoms with Crippen molar-refractivity contribution >= 4 is 11.8 Å². The van der Waals surface area contributed by atoms with Gasteiger partial charge >= 0.3 is 5.97 Å². The van der Waals surface area contributed by atoms with Crippen LogP contribution in [-0.4, -0.2) is 16.1 Å². The zero-order valence-electron chi connectivity index (χ0n) is 6.50. The number of carboxylic acid groups (broad SMARTS) is 1. The molecule has 4 N–H and O–H groups in total. The fraction of sp³-hybridized carbons (Fsp3) is 0.375. The number of nitrogen functional groups attached to an aromatic ring is 1. The molecule has 1 heterocycles. The molecular weight excluding hydrogens is 156 g/mol. The Morgan fingerprint density at radius 2 is 2.33 bits per heavy atom. The van der Waals surface area contributed by atoms with Gasteiger partial charge in [0.05, 0.1) is 0 Å². The molecule has 0 saturated heterocycles. The van der Waals surface area contributed by atoms with Crippen LogP contribution in [0.5, 0.6) is 0 Å². The maximum atomic E-state index is 10.7. The van der Waals surface area contributed by atoms with Crippen molar-refractivity contribution in [2.45, 2.75) is 18.8 Å². The van der Waals surface area contributed by atoms with Crippen LogP contribution in [-0.2, 0) is 0 Å². The maximum absolute atomic E-state index is 10.7. The van der Waals surface area contributed by atoms with Gasteiger partial charge in [0, 0.05) is 6.20 Å². The summed E-state index contributed by atoms with van der Waals surface area (Å²) in [4.78, 5) is 13.5. The molecule has 0 unspecified atom stereocenters. The summed E-state index contributed by atoms with van der Waals surface area (Å²) in [5.41, 5.74) is 6.59. The lowest BCUT2D eigenvalue weighted by atomic mass is 10.1. The zero-order chi connectivity index (χ0) is 8.72. The Kier molecular flexibility index (Phi) is 1.36. The molecule has 1 aromatic rings. The van der Waals surface area contributed by atoms with Crippen molar-refractivity contribution in [1.29, 1.82) is 0 Å². The van der Waals surface area contributed by atoms with Crippen molar-refractivity contribution < 1.29 is 9.90 Å². The van der Waals surface area contributed by atoms with Gasteiger partial charge in [0.2, 0.25) is 0 Å². The first-order valence-electron chi connectivity index (χ1n) is 3.90. The molecule has 1 aliphatic rings. The fourth-order valence-corrected chi connectivity index (χ4v) is 1.41. The van der Waals surface area contributed by atoms with Gasteiger partial charge in [-0.2, -0.15) is 0 Å². The Morgan fingerprint density at radius 1 is 1.67 bits per heavy atom. The average Bonchev–Trinajstić information content (AvgIpc) is 2.75. The van der Waals surface area contributed by atoms with Gasteiger partial charge in [0.25, 0.3) is 0 Å². The number of hydrogen-bond acceptors (Lipinski definition) is 2. The third-order valence-corrected chi connectivity index (χ3v) is 2.17. The molecule has 2 rings (SSSR count). The lowest BCUT2D eigenvalue weighted by molar-refractivity contribution is 0.0697. The summed E-state index contributed by atoms with van der Waals surface area (Å²) in [5, 5.41) is 8.81. The van der Waals surface area contributed by atoms with E-state index >= 15 is 0 Å². The number of carbonyl (C=O) groups is 1. The van der Waals surface area contributed by atoms with Crippen LogP contribution in [0.4, 0.5) is 5.82 Å². The van der Waals surface area contributed by atoms with Gasteiger partial charge in [-0.1, -0.05) is 0 Å². The van der Waals surface area contributed by atoms with Crippen LogP contribution in [0.15, 0.2) is 6.20 Å². The molecule has 64 valence electrons. The zero-order valence-corrected chi connectivity index (χ0v) is 6.50. The second kappa shape index (κ2) is 2.27. The van der Waals surface area contributed by atoms with Gasteiger partial charge in [-0.25, -0.2) is 4.79 Å². The van der Waals surface area contributed by atoms with E-state index in [9.17, 15) is 4.79 Å². The average molecular weight is 166 g/mol. The summed E-state index contributed by atoms with van der Waals surface area (Å²) in [6, 6.07) is 0. The molecular formula is C8H10N2O2. The summed E-state index contributed by atoms with van der Waals surface area (Å²) in [5.74, 6) is -0.246. The molecule has 0 aromatic carbocycles. The highest BCUT2D eigenvalue weighted by Gasteiger charge is 2.30. The molecule has 1 saturated carbocycles. The first-order chi connectivity index (χ1) is 5.70. The SMILES string of the molecule is Nc1[nH]cc(C2CC2)c1C(=O)O. The quantitative estimate of drug-likeness (QED) is 0.617. The van der Waals surface area contributed by atoms with E-state index in [1.807, 2.05) is 0 Å². The van der Waals surface area contributed by atoms with E-state index in [4.69, 9.17) is 10.8 Å². The van der Waals surface area contributed by atoms with E-state index in [1.54, 1.807) is 6.20 Å². The van der Waals surface area contributed by atoms with Crippen LogP contribution in [0, 0.1) is 0 Å². The van der Waals surface area contributed by atoms with E-state index < -0.39 is 5.97 Å². The predicted molar refractivity (Wildman–Crippen MR) is 44.1 cm³/mol. The Balaban J connectivity index is 2.46. The molecule has 12 heavy (non-hydrogen) atoms. The topological polar surface area (TPSA) is 79.1 Å². The number of nitrogens with one attached hydrogen (secondary N) is 1. The molecule has 1 fully saturated rings. The molecule has 1 aromatic heterocycles. The fourth-order valence-electron chi connectivity index (χ4n) is 1.41. The summed E-state index contributed by atoms with van der Waals surface area (Å²) >= 11 is 0. The molecule has 0 bridgehead atoms. The highest BCUT2D eigenvalue weighted by atomic mass is 16.4. The number of H-pyrrole nitrogens is 1. The Morgan fingerprint density at radius 3 is 2.83 bits per heavy atom. The Hall–Kier alpha value is -1.45. The van der Waals surface area contributed by atoms with Gasteiger partial charge in [-0.05, 0) is 24.3 Å². The molecule has 0 radical (unpaired) electrons. The molecule has 0 aliphatic heterocycles. The first-order valence-corrected chi connectivity index (χ1v) is 3.90.